The number of carbonyl (C=O) groups excluding carboxylic acids is 2. The fourth-order valence-electron chi connectivity index (χ4n) is 3.05. The van der Waals surface area contributed by atoms with Crippen LogP contribution in [-0.2, 0) is 4.79 Å². The zero-order valence-electron chi connectivity index (χ0n) is 14.4. The van der Waals surface area contributed by atoms with Crippen molar-refractivity contribution < 1.29 is 14.3 Å². The van der Waals surface area contributed by atoms with Gasteiger partial charge in [-0.25, -0.2) is 0 Å². The number of ketones is 1. The number of likely N-dealkylation sites (tertiary alicyclic amines) is 1. The second-order valence-corrected chi connectivity index (χ2v) is 6.72. The lowest BCUT2D eigenvalue weighted by molar-refractivity contribution is -0.133. The summed E-state index contributed by atoms with van der Waals surface area (Å²) in [6.07, 6.45) is 5.24. The second kappa shape index (κ2) is 8.81. The van der Waals surface area contributed by atoms with E-state index in [4.69, 9.17) is 16.3 Å². The summed E-state index contributed by atoms with van der Waals surface area (Å²) < 4.78 is 5.93. The van der Waals surface area contributed by atoms with Crippen LogP contribution >= 0.6 is 11.6 Å². The number of Topliss-reactive ketones (excluding diaryl/α,β-unsaturated/α-hetero) is 1. The van der Waals surface area contributed by atoms with E-state index in [0.717, 1.165) is 12.8 Å². The number of hydrogen-bond acceptors (Lipinski definition) is 4. The quantitative estimate of drug-likeness (QED) is 0.724. The van der Waals surface area contributed by atoms with Gasteiger partial charge in [0.15, 0.2) is 5.78 Å². The van der Waals surface area contributed by atoms with Crippen LogP contribution in [0.15, 0.2) is 48.8 Å². The molecule has 5 nitrogen and oxygen atoms in total. The Kier molecular flexibility index (Phi) is 6.23. The van der Waals surface area contributed by atoms with Gasteiger partial charge in [0.05, 0.1) is 6.54 Å². The monoisotopic (exact) mass is 372 g/mol. The van der Waals surface area contributed by atoms with Crippen LogP contribution in [0.1, 0.15) is 36.0 Å². The number of pyridine rings is 1. The molecule has 136 valence electrons. The van der Waals surface area contributed by atoms with Crippen LogP contribution in [0.25, 0.3) is 0 Å². The standard InChI is InChI=1S/C20H21ClN2O3/c21-17-13-22-11-10-19(17)26-16-7-4-12-23(14-16)20(25)9-8-18(24)15-5-2-1-3-6-15/h1-3,5-6,10-11,13,16H,4,7-9,12,14H2. The summed E-state index contributed by atoms with van der Waals surface area (Å²) in [5.41, 5.74) is 0.646. The highest BCUT2D eigenvalue weighted by Crippen LogP contribution is 2.25. The number of benzene rings is 1. The van der Waals surface area contributed by atoms with E-state index in [1.807, 2.05) is 18.2 Å². The Morgan fingerprint density at radius 3 is 2.77 bits per heavy atom. The second-order valence-electron chi connectivity index (χ2n) is 6.32. The molecule has 1 aliphatic rings. The maximum absolute atomic E-state index is 12.5. The lowest BCUT2D eigenvalue weighted by Gasteiger charge is -2.33. The number of aromatic nitrogens is 1. The number of rotatable bonds is 6. The maximum atomic E-state index is 12.5. The number of halogens is 1. The molecule has 3 rings (SSSR count). The number of hydrogen-bond donors (Lipinski definition) is 0. The largest absolute Gasteiger partial charge is 0.487 e. The Balaban J connectivity index is 1.51. The molecule has 6 heteroatoms. The van der Waals surface area contributed by atoms with Crippen molar-refractivity contribution in [1.82, 2.24) is 9.88 Å². The molecule has 2 heterocycles. The zero-order chi connectivity index (χ0) is 18.4. The van der Waals surface area contributed by atoms with Crippen molar-refractivity contribution in [1.29, 1.82) is 0 Å². The lowest BCUT2D eigenvalue weighted by atomic mass is 10.0. The molecule has 0 spiro atoms. The van der Waals surface area contributed by atoms with E-state index in [9.17, 15) is 9.59 Å². The predicted octanol–water partition coefficient (Wildman–Crippen LogP) is 3.77. The van der Waals surface area contributed by atoms with Crippen LogP contribution in [-0.4, -0.2) is 40.8 Å². The van der Waals surface area contributed by atoms with E-state index in [1.54, 1.807) is 29.3 Å². The molecule has 1 fully saturated rings. The number of piperidine rings is 1. The summed E-state index contributed by atoms with van der Waals surface area (Å²) in [5, 5.41) is 0.462. The summed E-state index contributed by atoms with van der Waals surface area (Å²) in [6, 6.07) is 10.8. The minimum Gasteiger partial charge on any atom is -0.487 e. The molecule has 0 aliphatic carbocycles. The summed E-state index contributed by atoms with van der Waals surface area (Å²) in [4.78, 5) is 30.4. The molecule has 1 aromatic carbocycles. The topological polar surface area (TPSA) is 59.5 Å². The van der Waals surface area contributed by atoms with Crippen LogP contribution in [0.2, 0.25) is 5.02 Å². The molecule has 1 amide bonds. The van der Waals surface area contributed by atoms with Gasteiger partial charge in [-0.1, -0.05) is 41.9 Å². The van der Waals surface area contributed by atoms with Crippen molar-refractivity contribution in [2.24, 2.45) is 0 Å². The summed E-state index contributed by atoms with van der Waals surface area (Å²) in [6.45, 7) is 1.21. The van der Waals surface area contributed by atoms with Gasteiger partial charge in [-0.2, -0.15) is 0 Å². The van der Waals surface area contributed by atoms with Crippen molar-refractivity contribution in [2.75, 3.05) is 13.1 Å². The maximum Gasteiger partial charge on any atom is 0.223 e. The highest BCUT2D eigenvalue weighted by molar-refractivity contribution is 6.31. The Labute approximate surface area is 157 Å². The van der Waals surface area contributed by atoms with Gasteiger partial charge in [0.2, 0.25) is 5.91 Å². The zero-order valence-corrected chi connectivity index (χ0v) is 15.2. The molecule has 1 aliphatic heterocycles. The molecule has 1 unspecified atom stereocenters. The van der Waals surface area contributed by atoms with E-state index >= 15 is 0 Å². The highest BCUT2D eigenvalue weighted by atomic mass is 35.5. The Morgan fingerprint density at radius 1 is 1.19 bits per heavy atom. The normalized spacial score (nSPS) is 17.0. The third kappa shape index (κ3) is 4.82. The molecule has 1 atom stereocenters. The minimum absolute atomic E-state index is 0.00710. The fourth-order valence-corrected chi connectivity index (χ4v) is 3.21. The highest BCUT2D eigenvalue weighted by Gasteiger charge is 2.25. The van der Waals surface area contributed by atoms with Crippen LogP contribution in [0, 0.1) is 0 Å². The van der Waals surface area contributed by atoms with E-state index in [2.05, 4.69) is 4.98 Å². The van der Waals surface area contributed by atoms with Crippen molar-refractivity contribution in [3.63, 3.8) is 0 Å². The van der Waals surface area contributed by atoms with Gasteiger partial charge in [-0.15, -0.1) is 0 Å². The van der Waals surface area contributed by atoms with Gasteiger partial charge in [-0.3, -0.25) is 14.6 Å². The third-order valence-electron chi connectivity index (χ3n) is 4.42. The first-order chi connectivity index (χ1) is 12.6. The van der Waals surface area contributed by atoms with Gasteiger partial charge in [0.1, 0.15) is 16.9 Å². The minimum atomic E-state index is -0.0996. The molecule has 1 saturated heterocycles. The Morgan fingerprint density at radius 2 is 2.00 bits per heavy atom. The van der Waals surface area contributed by atoms with E-state index in [-0.39, 0.29) is 30.6 Å². The van der Waals surface area contributed by atoms with Gasteiger partial charge >= 0.3 is 0 Å². The van der Waals surface area contributed by atoms with Gasteiger partial charge in [0, 0.05) is 43.4 Å². The van der Waals surface area contributed by atoms with Crippen LogP contribution in [0.4, 0.5) is 0 Å². The summed E-state index contributed by atoms with van der Waals surface area (Å²) in [5.74, 6) is 0.566. The predicted molar refractivity (Wildman–Crippen MR) is 99.5 cm³/mol. The van der Waals surface area contributed by atoms with Crippen LogP contribution < -0.4 is 4.74 Å². The van der Waals surface area contributed by atoms with E-state index in [0.29, 0.717) is 29.4 Å². The molecule has 0 N–H and O–H groups in total. The number of carbonyl (C=O) groups is 2. The lowest BCUT2D eigenvalue weighted by Crippen LogP contribution is -2.44. The number of ether oxygens (including phenoxy) is 1. The molecular formula is C20H21ClN2O3. The van der Waals surface area contributed by atoms with Crippen molar-refractivity contribution in [2.45, 2.75) is 31.8 Å². The van der Waals surface area contributed by atoms with E-state index < -0.39 is 0 Å². The fraction of sp³-hybridized carbons (Fsp3) is 0.350. The van der Waals surface area contributed by atoms with Crippen LogP contribution in [0.5, 0.6) is 5.75 Å². The smallest absolute Gasteiger partial charge is 0.223 e. The summed E-state index contributed by atoms with van der Waals surface area (Å²) in [7, 11) is 0. The molecule has 0 saturated carbocycles. The average Bonchev–Trinajstić information content (AvgIpc) is 2.68. The summed E-state index contributed by atoms with van der Waals surface area (Å²) >= 11 is 6.08. The number of nitrogens with zero attached hydrogens (tertiary/aromatic N) is 2. The van der Waals surface area contributed by atoms with E-state index in [1.165, 1.54) is 6.20 Å². The van der Waals surface area contributed by atoms with Crippen molar-refractivity contribution >= 4 is 23.3 Å². The number of amides is 1. The molecular weight excluding hydrogens is 352 g/mol. The van der Waals surface area contributed by atoms with Crippen molar-refractivity contribution in [3.8, 4) is 5.75 Å². The molecule has 0 bridgehead atoms. The van der Waals surface area contributed by atoms with Gasteiger partial charge in [-0.05, 0) is 12.8 Å². The Hall–Kier alpha value is -2.40. The van der Waals surface area contributed by atoms with Gasteiger partial charge in [0.25, 0.3) is 0 Å². The SMILES string of the molecule is O=C(CCC(=O)N1CCCC(Oc2ccncc2Cl)C1)c1ccccc1. The molecule has 1 aromatic heterocycles. The molecule has 26 heavy (non-hydrogen) atoms. The Bertz CT molecular complexity index is 767. The first kappa shape index (κ1) is 18.4. The van der Waals surface area contributed by atoms with Crippen LogP contribution in [0.3, 0.4) is 0 Å². The first-order valence-corrected chi connectivity index (χ1v) is 9.13. The third-order valence-corrected chi connectivity index (χ3v) is 4.71. The molecule has 2 aromatic rings. The average molecular weight is 373 g/mol. The van der Waals surface area contributed by atoms with Crippen molar-refractivity contribution in [3.05, 3.63) is 59.4 Å². The molecule has 0 radical (unpaired) electrons. The van der Waals surface area contributed by atoms with Gasteiger partial charge < -0.3 is 9.64 Å². The first-order valence-electron chi connectivity index (χ1n) is 8.75.